The number of hydrogen-bond acceptors (Lipinski definition) is 6. The number of benzene rings is 1. The van der Waals surface area contributed by atoms with Crippen LogP contribution in [0.25, 0.3) is 0 Å². The lowest BCUT2D eigenvalue weighted by molar-refractivity contribution is -0.384. The number of nitrogens with one attached hydrogen (secondary N) is 1. The summed E-state index contributed by atoms with van der Waals surface area (Å²) in [6.45, 7) is 1.62. The van der Waals surface area contributed by atoms with Gasteiger partial charge < -0.3 is 20.6 Å². The molecule has 0 radical (unpaired) electrons. The zero-order valence-corrected chi connectivity index (χ0v) is 12.7. The van der Waals surface area contributed by atoms with Gasteiger partial charge in [-0.05, 0) is 25.1 Å². The molecule has 2 unspecified atom stereocenters. The topological polar surface area (TPSA) is 132 Å². The Balaban J connectivity index is 2.10. The van der Waals surface area contributed by atoms with Crippen molar-refractivity contribution >= 4 is 17.3 Å². The van der Waals surface area contributed by atoms with E-state index in [1.807, 2.05) is 0 Å². The minimum absolute atomic E-state index is 0.135. The summed E-state index contributed by atoms with van der Waals surface area (Å²) in [4.78, 5) is 22.2. The highest BCUT2D eigenvalue weighted by molar-refractivity contribution is 6.01. The van der Waals surface area contributed by atoms with Crippen LogP contribution in [0.5, 0.6) is 0 Å². The van der Waals surface area contributed by atoms with E-state index >= 15 is 0 Å². The second kappa shape index (κ2) is 7.09. The molecule has 0 aliphatic rings. The number of aliphatic hydroxyl groups excluding tert-OH is 1. The normalized spacial score (nSPS) is 13.3. The smallest absolute Gasteiger partial charge is 0.295 e. The lowest BCUT2D eigenvalue weighted by Crippen LogP contribution is -2.34. The van der Waals surface area contributed by atoms with Crippen LogP contribution in [-0.2, 0) is 0 Å². The maximum atomic E-state index is 13.5. The number of nitro groups is 1. The van der Waals surface area contributed by atoms with Crippen molar-refractivity contribution in [1.29, 1.82) is 0 Å². The van der Waals surface area contributed by atoms with Gasteiger partial charge >= 0.3 is 0 Å². The number of nitrogen functional groups attached to an aromatic ring is 1. The first-order valence-electron chi connectivity index (χ1n) is 7.05. The highest BCUT2D eigenvalue weighted by Crippen LogP contribution is 2.27. The van der Waals surface area contributed by atoms with Crippen molar-refractivity contribution in [2.45, 2.75) is 25.5 Å². The van der Waals surface area contributed by atoms with Crippen LogP contribution in [0.3, 0.4) is 0 Å². The van der Waals surface area contributed by atoms with E-state index in [1.54, 1.807) is 19.1 Å². The lowest BCUT2D eigenvalue weighted by atomic mass is 10.1. The second-order valence-corrected chi connectivity index (χ2v) is 5.28. The maximum Gasteiger partial charge on any atom is 0.295 e. The Morgan fingerprint density at radius 2 is 2.25 bits per heavy atom. The molecule has 2 rings (SSSR count). The van der Waals surface area contributed by atoms with E-state index in [1.165, 1.54) is 6.26 Å². The number of hydrogen-bond donors (Lipinski definition) is 3. The number of carbonyl (C=O) groups is 1. The van der Waals surface area contributed by atoms with Gasteiger partial charge in [0.1, 0.15) is 23.4 Å². The molecule has 8 nitrogen and oxygen atoms in total. The summed E-state index contributed by atoms with van der Waals surface area (Å²) in [5, 5.41) is 23.3. The number of nitrogens with zero attached hydrogens (tertiary/aromatic N) is 1. The molecule has 1 amide bonds. The van der Waals surface area contributed by atoms with Gasteiger partial charge in [-0.25, -0.2) is 4.39 Å². The summed E-state index contributed by atoms with van der Waals surface area (Å²) in [5.41, 5.74) is 4.15. The summed E-state index contributed by atoms with van der Waals surface area (Å²) >= 11 is 0. The van der Waals surface area contributed by atoms with Gasteiger partial charge in [0.15, 0.2) is 0 Å². The summed E-state index contributed by atoms with van der Waals surface area (Å²) in [7, 11) is 0. The number of anilines is 1. The highest BCUT2D eigenvalue weighted by atomic mass is 19.1. The first-order valence-corrected chi connectivity index (χ1v) is 7.05. The number of halogens is 1. The average Bonchev–Trinajstić information content (AvgIpc) is 3.03. The predicted molar refractivity (Wildman–Crippen MR) is 82.7 cm³/mol. The highest BCUT2D eigenvalue weighted by Gasteiger charge is 2.23. The Bertz CT molecular complexity index is 748. The zero-order chi connectivity index (χ0) is 17.9. The van der Waals surface area contributed by atoms with Gasteiger partial charge in [0.05, 0.1) is 22.8 Å². The van der Waals surface area contributed by atoms with Gasteiger partial charge in [-0.1, -0.05) is 0 Å². The molecule has 4 N–H and O–H groups in total. The van der Waals surface area contributed by atoms with Crippen LogP contribution >= 0.6 is 0 Å². The number of furan rings is 1. The SMILES string of the molecule is CC(CC(O)c1ccco1)NC(=O)c1cc(F)cc([N+](=O)[O-])c1N. The van der Waals surface area contributed by atoms with Crippen molar-refractivity contribution in [3.63, 3.8) is 0 Å². The Kier molecular flexibility index (Phi) is 5.14. The summed E-state index contributed by atoms with van der Waals surface area (Å²) in [6, 6.07) is 4.17. The largest absolute Gasteiger partial charge is 0.467 e. The first-order chi connectivity index (χ1) is 11.3. The molecule has 1 aromatic carbocycles. The molecule has 0 aliphatic heterocycles. The maximum absolute atomic E-state index is 13.5. The van der Waals surface area contributed by atoms with Gasteiger partial charge in [-0.2, -0.15) is 0 Å². The lowest BCUT2D eigenvalue weighted by Gasteiger charge is -2.17. The fourth-order valence-electron chi connectivity index (χ4n) is 2.23. The number of carbonyl (C=O) groups excluding carboxylic acids is 1. The van der Waals surface area contributed by atoms with Crippen LogP contribution in [0.15, 0.2) is 34.9 Å². The molecule has 1 heterocycles. The van der Waals surface area contributed by atoms with Crippen molar-refractivity contribution in [1.82, 2.24) is 5.32 Å². The van der Waals surface area contributed by atoms with Crippen LogP contribution in [0.1, 0.15) is 35.6 Å². The van der Waals surface area contributed by atoms with Gasteiger partial charge in [-0.3, -0.25) is 14.9 Å². The summed E-state index contributed by atoms with van der Waals surface area (Å²) in [6.07, 6.45) is 0.611. The Morgan fingerprint density at radius 1 is 1.54 bits per heavy atom. The van der Waals surface area contributed by atoms with E-state index in [9.17, 15) is 24.4 Å². The van der Waals surface area contributed by atoms with E-state index in [0.717, 1.165) is 6.07 Å². The van der Waals surface area contributed by atoms with Gasteiger partial charge in [-0.15, -0.1) is 0 Å². The van der Waals surface area contributed by atoms with Crippen LogP contribution in [-0.4, -0.2) is 22.0 Å². The predicted octanol–water partition coefficient (Wildman–Crippen LogP) is 2.15. The number of amides is 1. The molecule has 0 saturated heterocycles. The van der Waals surface area contributed by atoms with Crippen LogP contribution in [0.4, 0.5) is 15.8 Å². The third kappa shape index (κ3) is 3.87. The number of rotatable bonds is 6. The molecular formula is C15H16FN3O5. The molecule has 9 heteroatoms. The molecule has 0 saturated carbocycles. The molecule has 1 aromatic heterocycles. The molecule has 0 aliphatic carbocycles. The van der Waals surface area contributed by atoms with Crippen LogP contribution in [0.2, 0.25) is 0 Å². The van der Waals surface area contributed by atoms with E-state index in [2.05, 4.69) is 5.32 Å². The van der Waals surface area contributed by atoms with Gasteiger partial charge in [0, 0.05) is 12.5 Å². The molecule has 2 aromatic rings. The molecular weight excluding hydrogens is 321 g/mol. The molecule has 2 atom stereocenters. The van der Waals surface area contributed by atoms with E-state index in [0.29, 0.717) is 11.8 Å². The minimum atomic E-state index is -0.940. The molecule has 0 fully saturated rings. The van der Waals surface area contributed by atoms with Gasteiger partial charge in [0.2, 0.25) is 0 Å². The third-order valence-corrected chi connectivity index (χ3v) is 3.39. The third-order valence-electron chi connectivity index (χ3n) is 3.39. The van der Waals surface area contributed by atoms with E-state index in [-0.39, 0.29) is 12.0 Å². The Hall–Kier alpha value is -2.94. The van der Waals surface area contributed by atoms with Crippen molar-refractivity contribution in [3.8, 4) is 0 Å². The van der Waals surface area contributed by atoms with Crippen LogP contribution < -0.4 is 11.1 Å². The minimum Gasteiger partial charge on any atom is -0.467 e. The summed E-state index contributed by atoms with van der Waals surface area (Å²) in [5.74, 6) is -1.37. The molecule has 128 valence electrons. The molecule has 0 spiro atoms. The van der Waals surface area contributed by atoms with E-state index < -0.39 is 40.2 Å². The van der Waals surface area contributed by atoms with Crippen molar-refractivity contribution < 1.29 is 23.6 Å². The number of aliphatic hydroxyl groups is 1. The molecule has 24 heavy (non-hydrogen) atoms. The fraction of sp³-hybridized carbons (Fsp3) is 0.267. The van der Waals surface area contributed by atoms with Crippen molar-refractivity contribution in [3.05, 3.63) is 57.8 Å². The van der Waals surface area contributed by atoms with Crippen LogP contribution in [0, 0.1) is 15.9 Å². The van der Waals surface area contributed by atoms with E-state index in [4.69, 9.17) is 10.2 Å². The fourth-order valence-corrected chi connectivity index (χ4v) is 2.23. The first kappa shape index (κ1) is 17.4. The average molecular weight is 337 g/mol. The molecule has 0 bridgehead atoms. The standard InChI is InChI=1S/C15H16FN3O5/c1-8(5-12(20)13-3-2-4-24-13)18-15(21)10-6-9(16)7-11(14(10)17)19(22)23/h2-4,6-8,12,20H,5,17H2,1H3,(H,18,21). The Morgan fingerprint density at radius 3 is 2.83 bits per heavy atom. The van der Waals surface area contributed by atoms with Crippen molar-refractivity contribution in [2.75, 3.05) is 5.73 Å². The number of nitrogens with two attached hydrogens (primary N) is 1. The van der Waals surface area contributed by atoms with Crippen molar-refractivity contribution in [2.24, 2.45) is 0 Å². The summed E-state index contributed by atoms with van der Waals surface area (Å²) < 4.78 is 18.5. The monoisotopic (exact) mass is 337 g/mol. The number of nitro benzene ring substituents is 1. The zero-order valence-electron chi connectivity index (χ0n) is 12.7. The second-order valence-electron chi connectivity index (χ2n) is 5.28. The quantitative estimate of drug-likeness (QED) is 0.420. The van der Waals surface area contributed by atoms with Gasteiger partial charge in [0.25, 0.3) is 11.6 Å². The Labute approximate surface area is 136 Å².